The monoisotopic (exact) mass is 500 g/mol. The molecule has 1 amide bonds. The molecule has 11 heteroatoms. The summed E-state index contributed by atoms with van der Waals surface area (Å²) in [5.41, 5.74) is 0.206. The molecule has 4 rings (SSSR count). The van der Waals surface area contributed by atoms with Crippen molar-refractivity contribution in [3.8, 4) is 5.75 Å². The molecule has 3 N–H and O–H groups in total. The van der Waals surface area contributed by atoms with Crippen LogP contribution >= 0.6 is 0 Å². The number of aliphatic carboxylic acids is 1. The largest absolute Gasteiger partial charge is 0.481 e. The zero-order valence-electron chi connectivity index (χ0n) is 19.3. The average molecular weight is 501 g/mol. The maximum Gasteiger partial charge on any atom is 0.426 e. The molecule has 2 aliphatic heterocycles. The normalized spacial score (nSPS) is 30.1. The Balaban J connectivity index is 1.33. The van der Waals surface area contributed by atoms with Crippen LogP contribution < -0.4 is 15.4 Å². The van der Waals surface area contributed by atoms with Crippen molar-refractivity contribution < 1.29 is 42.1 Å². The van der Waals surface area contributed by atoms with Crippen LogP contribution in [-0.2, 0) is 19.1 Å². The molecule has 2 saturated heterocycles. The molecule has 1 aliphatic carbocycles. The molecule has 3 aliphatic rings. The summed E-state index contributed by atoms with van der Waals surface area (Å²) in [5, 5.41) is 15.3. The van der Waals surface area contributed by atoms with E-state index in [1.807, 2.05) is 0 Å². The first-order chi connectivity index (χ1) is 16.7. The number of benzene rings is 1. The van der Waals surface area contributed by atoms with Crippen LogP contribution in [0.4, 0.5) is 13.2 Å². The molecule has 1 aromatic rings. The number of ether oxygens (including phenoxy) is 3. The summed E-state index contributed by atoms with van der Waals surface area (Å²) in [7, 11) is 0. The van der Waals surface area contributed by atoms with Gasteiger partial charge in [-0.1, -0.05) is 18.2 Å². The molecule has 8 nitrogen and oxygen atoms in total. The Morgan fingerprint density at radius 1 is 1.23 bits per heavy atom. The molecule has 2 heterocycles. The van der Waals surface area contributed by atoms with Gasteiger partial charge < -0.3 is 30.0 Å². The molecule has 3 atom stereocenters. The minimum Gasteiger partial charge on any atom is -0.481 e. The Bertz CT molecular complexity index is 905. The second-order valence-corrected chi connectivity index (χ2v) is 9.54. The third-order valence-corrected chi connectivity index (χ3v) is 7.14. The standard InChI is InChI=1S/C24H31F3N2O6/c25-24(26,27)20(11-22(31)32)35-18-4-2-1-3-17(18)15-5-7-16(8-6-15)34-12-19-23(9-10-28-19)14-33-13-21(30)29-23/h1-4,15-16,19-20,28H,5-14H2,(H,29,30)(H,31,32)/t15-,16+,19?,20?,23?. The Morgan fingerprint density at radius 2 is 1.97 bits per heavy atom. The van der Waals surface area contributed by atoms with E-state index < -0.39 is 30.2 Å². The zero-order valence-corrected chi connectivity index (χ0v) is 19.3. The van der Waals surface area contributed by atoms with Crippen LogP contribution in [0.25, 0.3) is 0 Å². The van der Waals surface area contributed by atoms with Crippen molar-refractivity contribution in [1.82, 2.24) is 10.6 Å². The molecule has 194 valence electrons. The Labute approximate surface area is 201 Å². The summed E-state index contributed by atoms with van der Waals surface area (Å²) >= 11 is 0. The average Bonchev–Trinajstić information content (AvgIpc) is 3.18. The number of morpholine rings is 1. The molecule has 3 unspecified atom stereocenters. The Morgan fingerprint density at radius 3 is 2.66 bits per heavy atom. The highest BCUT2D eigenvalue weighted by Crippen LogP contribution is 2.40. The number of amides is 1. The van der Waals surface area contributed by atoms with E-state index in [-0.39, 0.29) is 36.3 Å². The van der Waals surface area contributed by atoms with Crippen molar-refractivity contribution in [3.63, 3.8) is 0 Å². The van der Waals surface area contributed by atoms with E-state index in [2.05, 4.69) is 10.6 Å². The van der Waals surface area contributed by atoms with Crippen molar-refractivity contribution in [2.24, 2.45) is 0 Å². The smallest absolute Gasteiger partial charge is 0.426 e. The molecule has 1 aromatic carbocycles. The first-order valence-electron chi connectivity index (χ1n) is 11.9. The third-order valence-electron chi connectivity index (χ3n) is 7.14. The van der Waals surface area contributed by atoms with Crippen LogP contribution in [-0.4, -0.2) is 73.3 Å². The molecule has 1 spiro atoms. The van der Waals surface area contributed by atoms with Gasteiger partial charge in [0.25, 0.3) is 0 Å². The lowest BCUT2D eigenvalue weighted by Crippen LogP contribution is -2.64. The van der Waals surface area contributed by atoms with Crippen LogP contribution in [0.2, 0.25) is 0 Å². The van der Waals surface area contributed by atoms with Gasteiger partial charge in [0.05, 0.1) is 37.3 Å². The molecule has 0 radical (unpaired) electrons. The van der Waals surface area contributed by atoms with Crippen LogP contribution in [0.15, 0.2) is 24.3 Å². The Kier molecular flexibility index (Phi) is 7.87. The van der Waals surface area contributed by atoms with Gasteiger partial charge in [-0.05, 0) is 56.2 Å². The predicted octanol–water partition coefficient (Wildman–Crippen LogP) is 2.76. The van der Waals surface area contributed by atoms with Gasteiger partial charge in [-0.2, -0.15) is 13.2 Å². The fourth-order valence-corrected chi connectivity index (χ4v) is 5.29. The topological polar surface area (TPSA) is 106 Å². The number of carbonyl (C=O) groups is 2. The number of alkyl halides is 3. The number of carbonyl (C=O) groups excluding carboxylic acids is 1. The number of rotatable bonds is 8. The van der Waals surface area contributed by atoms with Gasteiger partial charge in [0.2, 0.25) is 12.0 Å². The highest BCUT2D eigenvalue weighted by molar-refractivity contribution is 5.79. The summed E-state index contributed by atoms with van der Waals surface area (Å²) in [6.07, 6.45) is -4.67. The van der Waals surface area contributed by atoms with Crippen LogP contribution in [0, 0.1) is 0 Å². The van der Waals surface area contributed by atoms with Crippen LogP contribution in [0.5, 0.6) is 5.75 Å². The molecular formula is C24H31F3N2O6. The molecule has 0 aromatic heterocycles. The van der Waals surface area contributed by atoms with E-state index in [9.17, 15) is 22.8 Å². The van der Waals surface area contributed by atoms with Gasteiger partial charge in [-0.15, -0.1) is 0 Å². The number of hydrogen-bond acceptors (Lipinski definition) is 6. The van der Waals surface area contributed by atoms with Gasteiger partial charge in [0, 0.05) is 0 Å². The van der Waals surface area contributed by atoms with E-state index in [0.717, 1.165) is 25.8 Å². The summed E-state index contributed by atoms with van der Waals surface area (Å²) in [4.78, 5) is 22.8. The third kappa shape index (κ3) is 6.25. The zero-order chi connectivity index (χ0) is 25.1. The highest BCUT2D eigenvalue weighted by atomic mass is 19.4. The lowest BCUT2D eigenvalue weighted by Gasteiger charge is -2.39. The first kappa shape index (κ1) is 25.7. The van der Waals surface area contributed by atoms with Gasteiger partial charge in [0.15, 0.2) is 0 Å². The molecule has 0 bridgehead atoms. The first-order valence-corrected chi connectivity index (χ1v) is 11.9. The van der Waals surface area contributed by atoms with Gasteiger partial charge in [0.1, 0.15) is 12.4 Å². The number of carboxylic acids is 1. The van der Waals surface area contributed by atoms with Crippen molar-refractivity contribution in [3.05, 3.63) is 29.8 Å². The van der Waals surface area contributed by atoms with Gasteiger partial charge in [-0.3, -0.25) is 9.59 Å². The summed E-state index contributed by atoms with van der Waals surface area (Å²) < 4.78 is 56.8. The van der Waals surface area contributed by atoms with Gasteiger partial charge >= 0.3 is 12.1 Å². The molecular weight excluding hydrogens is 469 g/mol. The maximum absolute atomic E-state index is 13.3. The SMILES string of the molecule is O=C(O)CC(Oc1ccccc1[C@H]1CC[C@@H](OCC2NCCC23COCC(=O)N3)CC1)C(F)(F)F. The van der Waals surface area contributed by atoms with Crippen molar-refractivity contribution in [2.75, 3.05) is 26.4 Å². The minimum atomic E-state index is -4.79. The summed E-state index contributed by atoms with van der Waals surface area (Å²) in [6.45, 7) is 1.72. The maximum atomic E-state index is 13.3. The van der Waals surface area contributed by atoms with E-state index in [4.69, 9.17) is 19.3 Å². The number of hydrogen-bond donors (Lipinski definition) is 3. The second kappa shape index (κ2) is 10.7. The van der Waals surface area contributed by atoms with Crippen molar-refractivity contribution in [1.29, 1.82) is 0 Å². The van der Waals surface area contributed by atoms with E-state index in [0.29, 0.717) is 31.6 Å². The summed E-state index contributed by atoms with van der Waals surface area (Å²) in [5.74, 6) is -1.62. The van der Waals surface area contributed by atoms with Crippen molar-refractivity contribution in [2.45, 2.75) is 74.4 Å². The molecule has 1 saturated carbocycles. The van der Waals surface area contributed by atoms with Crippen LogP contribution in [0.1, 0.15) is 50.0 Å². The highest BCUT2D eigenvalue weighted by Gasteiger charge is 2.47. The van der Waals surface area contributed by atoms with Crippen LogP contribution in [0.3, 0.4) is 0 Å². The molecule has 3 fully saturated rings. The quantitative estimate of drug-likeness (QED) is 0.504. The number of halogens is 3. The van der Waals surface area contributed by atoms with E-state index in [1.54, 1.807) is 18.2 Å². The number of nitrogens with one attached hydrogen (secondary N) is 2. The fraction of sp³-hybridized carbons (Fsp3) is 0.667. The Hall–Kier alpha value is -2.37. The predicted molar refractivity (Wildman–Crippen MR) is 118 cm³/mol. The fourth-order valence-electron chi connectivity index (χ4n) is 5.29. The van der Waals surface area contributed by atoms with Crippen molar-refractivity contribution >= 4 is 11.9 Å². The van der Waals surface area contributed by atoms with Gasteiger partial charge in [-0.25, -0.2) is 0 Å². The number of para-hydroxylation sites is 1. The van der Waals surface area contributed by atoms with E-state index in [1.165, 1.54) is 6.07 Å². The minimum absolute atomic E-state index is 0.00765. The molecule has 35 heavy (non-hydrogen) atoms. The summed E-state index contributed by atoms with van der Waals surface area (Å²) in [6, 6.07) is 6.49. The second-order valence-electron chi connectivity index (χ2n) is 9.54. The number of carboxylic acid groups (broad SMARTS) is 1. The lowest BCUT2D eigenvalue weighted by molar-refractivity contribution is -0.200. The lowest BCUT2D eigenvalue weighted by atomic mass is 9.82. The van der Waals surface area contributed by atoms with E-state index >= 15 is 0 Å².